The number of nitrogen functional groups attached to an aromatic ring is 1. The first kappa shape index (κ1) is 11.1. The Kier molecular flexibility index (Phi) is 2.71. The highest BCUT2D eigenvalue weighted by Gasteiger charge is 2.11. The zero-order valence-electron chi connectivity index (χ0n) is 10.6. The quantitative estimate of drug-likeness (QED) is 0.772. The predicted molar refractivity (Wildman–Crippen MR) is 74.8 cm³/mol. The molecule has 0 unspecified atom stereocenters. The number of hydrogen-bond acceptors (Lipinski definition) is 2. The van der Waals surface area contributed by atoms with Crippen molar-refractivity contribution in [1.82, 2.24) is 0 Å². The number of aryl methyl sites for hydroxylation is 2. The number of fused-ring (bicyclic) bond motifs is 1. The van der Waals surface area contributed by atoms with Crippen molar-refractivity contribution in [3.8, 4) is 16.9 Å². The molecule has 92 valence electrons. The zero-order valence-corrected chi connectivity index (χ0v) is 10.6. The summed E-state index contributed by atoms with van der Waals surface area (Å²) in [7, 11) is 0. The van der Waals surface area contributed by atoms with Crippen molar-refractivity contribution in [2.45, 2.75) is 19.8 Å². The van der Waals surface area contributed by atoms with E-state index in [9.17, 15) is 0 Å². The van der Waals surface area contributed by atoms with E-state index in [4.69, 9.17) is 10.5 Å². The van der Waals surface area contributed by atoms with Crippen molar-refractivity contribution in [2.24, 2.45) is 0 Å². The summed E-state index contributed by atoms with van der Waals surface area (Å²) in [6.45, 7) is 2.94. The SMILES string of the molecule is Cc1cc(N)ccc1-c1ccc2c(c1)CCCO2. The first-order chi connectivity index (χ1) is 8.74. The van der Waals surface area contributed by atoms with Crippen molar-refractivity contribution >= 4 is 5.69 Å². The Bertz CT molecular complexity index is 590. The maximum Gasteiger partial charge on any atom is 0.122 e. The van der Waals surface area contributed by atoms with E-state index in [1.165, 1.54) is 22.3 Å². The lowest BCUT2D eigenvalue weighted by atomic mass is 9.96. The monoisotopic (exact) mass is 239 g/mol. The molecule has 2 nitrogen and oxygen atoms in total. The van der Waals surface area contributed by atoms with Gasteiger partial charge in [0.2, 0.25) is 0 Å². The van der Waals surface area contributed by atoms with Crippen LogP contribution in [0.4, 0.5) is 5.69 Å². The van der Waals surface area contributed by atoms with Crippen LogP contribution in [0.15, 0.2) is 36.4 Å². The number of ether oxygens (including phenoxy) is 1. The van der Waals surface area contributed by atoms with Crippen molar-refractivity contribution < 1.29 is 4.74 Å². The largest absolute Gasteiger partial charge is 0.493 e. The van der Waals surface area contributed by atoms with E-state index in [0.717, 1.165) is 30.9 Å². The maximum absolute atomic E-state index is 5.80. The lowest BCUT2D eigenvalue weighted by Crippen LogP contribution is -2.08. The Morgan fingerprint density at radius 3 is 2.83 bits per heavy atom. The molecule has 0 atom stereocenters. The number of nitrogens with two attached hydrogens (primary N) is 1. The van der Waals surface area contributed by atoms with Crippen LogP contribution in [0, 0.1) is 6.92 Å². The molecule has 18 heavy (non-hydrogen) atoms. The van der Waals surface area contributed by atoms with Crippen LogP contribution < -0.4 is 10.5 Å². The molecule has 1 heterocycles. The normalized spacial score (nSPS) is 13.8. The van der Waals surface area contributed by atoms with Crippen molar-refractivity contribution in [3.63, 3.8) is 0 Å². The predicted octanol–water partition coefficient (Wildman–Crippen LogP) is 3.57. The van der Waals surface area contributed by atoms with E-state index in [2.05, 4.69) is 31.2 Å². The van der Waals surface area contributed by atoms with E-state index in [0.29, 0.717) is 0 Å². The third kappa shape index (κ3) is 1.94. The highest BCUT2D eigenvalue weighted by molar-refractivity contribution is 5.71. The van der Waals surface area contributed by atoms with Crippen molar-refractivity contribution in [3.05, 3.63) is 47.5 Å². The van der Waals surface area contributed by atoms with Gasteiger partial charge in [-0.05, 0) is 66.3 Å². The second-order valence-electron chi connectivity index (χ2n) is 4.85. The minimum atomic E-state index is 0.817. The van der Waals surface area contributed by atoms with E-state index < -0.39 is 0 Å². The Labute approximate surface area is 107 Å². The summed E-state index contributed by atoms with van der Waals surface area (Å²) in [5.41, 5.74) is 11.6. The molecule has 1 aliphatic rings. The van der Waals surface area contributed by atoms with Gasteiger partial charge < -0.3 is 10.5 Å². The fraction of sp³-hybridized carbons (Fsp3) is 0.250. The Morgan fingerprint density at radius 1 is 1.11 bits per heavy atom. The molecule has 0 aliphatic carbocycles. The van der Waals surface area contributed by atoms with Gasteiger partial charge in [-0.15, -0.1) is 0 Å². The van der Waals surface area contributed by atoms with Gasteiger partial charge in [-0.1, -0.05) is 12.1 Å². The van der Waals surface area contributed by atoms with Gasteiger partial charge in [0, 0.05) is 5.69 Å². The Hall–Kier alpha value is -1.96. The number of rotatable bonds is 1. The molecular formula is C16H17NO. The first-order valence-corrected chi connectivity index (χ1v) is 6.36. The Balaban J connectivity index is 2.06. The number of benzene rings is 2. The molecule has 2 N–H and O–H groups in total. The second-order valence-corrected chi connectivity index (χ2v) is 4.85. The summed E-state index contributed by atoms with van der Waals surface area (Å²) in [5.74, 6) is 1.04. The van der Waals surface area contributed by atoms with E-state index in [1.807, 2.05) is 12.1 Å². The van der Waals surface area contributed by atoms with Gasteiger partial charge in [0.15, 0.2) is 0 Å². The standard InChI is InChI=1S/C16H17NO/c1-11-9-14(17)5-6-15(11)12-4-7-16-13(10-12)3-2-8-18-16/h4-7,9-10H,2-3,8,17H2,1H3. The molecule has 0 radical (unpaired) electrons. The molecule has 2 aromatic rings. The summed E-state index contributed by atoms with van der Waals surface area (Å²) >= 11 is 0. The molecule has 0 amide bonds. The zero-order chi connectivity index (χ0) is 12.5. The van der Waals surface area contributed by atoms with Crippen molar-refractivity contribution in [1.29, 1.82) is 0 Å². The summed E-state index contributed by atoms with van der Waals surface area (Å²) in [6.07, 6.45) is 2.22. The average molecular weight is 239 g/mol. The van der Waals surface area contributed by atoms with Crippen LogP contribution >= 0.6 is 0 Å². The van der Waals surface area contributed by atoms with Gasteiger partial charge in [-0.3, -0.25) is 0 Å². The molecule has 0 saturated heterocycles. The molecule has 3 rings (SSSR count). The van der Waals surface area contributed by atoms with Crippen LogP contribution in [0.5, 0.6) is 5.75 Å². The van der Waals surface area contributed by atoms with Crippen LogP contribution in [0.25, 0.3) is 11.1 Å². The van der Waals surface area contributed by atoms with Gasteiger partial charge in [-0.2, -0.15) is 0 Å². The molecule has 0 saturated carbocycles. The van der Waals surface area contributed by atoms with Crippen LogP contribution in [-0.2, 0) is 6.42 Å². The number of hydrogen-bond donors (Lipinski definition) is 1. The van der Waals surface area contributed by atoms with E-state index >= 15 is 0 Å². The number of anilines is 1. The molecule has 0 spiro atoms. The molecule has 0 fully saturated rings. The third-order valence-corrected chi connectivity index (χ3v) is 3.47. The summed E-state index contributed by atoms with van der Waals surface area (Å²) in [4.78, 5) is 0. The van der Waals surface area contributed by atoms with Crippen LogP contribution in [-0.4, -0.2) is 6.61 Å². The molecule has 0 bridgehead atoms. The molecule has 2 heteroatoms. The van der Waals surface area contributed by atoms with Gasteiger partial charge in [-0.25, -0.2) is 0 Å². The minimum Gasteiger partial charge on any atom is -0.493 e. The average Bonchev–Trinajstić information content (AvgIpc) is 2.38. The lowest BCUT2D eigenvalue weighted by Gasteiger charge is -2.18. The van der Waals surface area contributed by atoms with Crippen LogP contribution in [0.1, 0.15) is 17.5 Å². The fourth-order valence-electron chi connectivity index (χ4n) is 2.54. The van der Waals surface area contributed by atoms with Gasteiger partial charge >= 0.3 is 0 Å². The topological polar surface area (TPSA) is 35.2 Å². The van der Waals surface area contributed by atoms with E-state index in [-0.39, 0.29) is 0 Å². The molecular weight excluding hydrogens is 222 g/mol. The fourth-order valence-corrected chi connectivity index (χ4v) is 2.54. The van der Waals surface area contributed by atoms with Gasteiger partial charge in [0.1, 0.15) is 5.75 Å². The lowest BCUT2D eigenvalue weighted by molar-refractivity contribution is 0.288. The van der Waals surface area contributed by atoms with Crippen LogP contribution in [0.2, 0.25) is 0 Å². The smallest absolute Gasteiger partial charge is 0.122 e. The third-order valence-electron chi connectivity index (χ3n) is 3.47. The minimum absolute atomic E-state index is 0.817. The first-order valence-electron chi connectivity index (χ1n) is 6.36. The summed E-state index contributed by atoms with van der Waals surface area (Å²) in [6, 6.07) is 12.5. The molecule has 1 aliphatic heterocycles. The maximum atomic E-state index is 5.80. The Morgan fingerprint density at radius 2 is 2.00 bits per heavy atom. The van der Waals surface area contributed by atoms with E-state index in [1.54, 1.807) is 0 Å². The summed E-state index contributed by atoms with van der Waals surface area (Å²) < 4.78 is 5.64. The van der Waals surface area contributed by atoms with Gasteiger partial charge in [0.05, 0.1) is 6.61 Å². The molecule has 2 aromatic carbocycles. The van der Waals surface area contributed by atoms with Gasteiger partial charge in [0.25, 0.3) is 0 Å². The second kappa shape index (κ2) is 4.37. The highest BCUT2D eigenvalue weighted by atomic mass is 16.5. The highest BCUT2D eigenvalue weighted by Crippen LogP contribution is 2.32. The molecule has 0 aromatic heterocycles. The summed E-state index contributed by atoms with van der Waals surface area (Å²) in [5, 5.41) is 0. The van der Waals surface area contributed by atoms with Crippen molar-refractivity contribution in [2.75, 3.05) is 12.3 Å². The van der Waals surface area contributed by atoms with Crippen LogP contribution in [0.3, 0.4) is 0 Å².